The maximum Gasteiger partial charge on any atom is 0.339 e. The summed E-state index contributed by atoms with van der Waals surface area (Å²) in [5, 5.41) is 11.8. The highest BCUT2D eigenvalue weighted by Gasteiger charge is 2.17. The van der Waals surface area contributed by atoms with Gasteiger partial charge in [0, 0.05) is 5.92 Å². The molecule has 26 heavy (non-hydrogen) atoms. The van der Waals surface area contributed by atoms with Gasteiger partial charge in [-0.05, 0) is 37.1 Å². The average molecular weight is 361 g/mol. The first-order valence-corrected chi connectivity index (χ1v) is 8.17. The molecule has 1 amide bonds. The van der Waals surface area contributed by atoms with Crippen molar-refractivity contribution in [2.24, 2.45) is 5.92 Å². The van der Waals surface area contributed by atoms with E-state index >= 15 is 0 Å². The van der Waals surface area contributed by atoms with Gasteiger partial charge in [-0.3, -0.25) is 4.79 Å². The van der Waals surface area contributed by atoms with Gasteiger partial charge in [0.1, 0.15) is 17.1 Å². The van der Waals surface area contributed by atoms with E-state index in [2.05, 4.69) is 5.32 Å². The van der Waals surface area contributed by atoms with Crippen LogP contribution in [0.3, 0.4) is 0 Å². The van der Waals surface area contributed by atoms with Crippen LogP contribution in [0.25, 0.3) is 0 Å². The number of rotatable bonds is 8. The minimum absolute atomic E-state index is 0.104. The second-order valence-corrected chi connectivity index (χ2v) is 6.00. The second-order valence-electron chi connectivity index (χ2n) is 6.00. The minimum Gasteiger partial charge on any atom is -0.493 e. The highest BCUT2D eigenvalue weighted by atomic mass is 16.5. The van der Waals surface area contributed by atoms with Crippen molar-refractivity contribution in [3.63, 3.8) is 0 Å². The molecule has 0 fully saturated rings. The monoisotopic (exact) mass is 361 g/mol. The van der Waals surface area contributed by atoms with Crippen molar-refractivity contribution in [2.45, 2.75) is 26.8 Å². The Morgan fingerprint density at radius 2 is 1.88 bits per heavy atom. The summed E-state index contributed by atoms with van der Waals surface area (Å²) in [7, 11) is 3.13. The molecule has 7 heteroatoms. The van der Waals surface area contributed by atoms with Gasteiger partial charge in [-0.2, -0.15) is 0 Å². The molecule has 7 nitrogen and oxygen atoms in total. The highest BCUT2D eigenvalue weighted by molar-refractivity contribution is 5.88. The molecular formula is C19H23NO6. The van der Waals surface area contributed by atoms with Gasteiger partial charge in [0.15, 0.2) is 11.5 Å². The maximum absolute atomic E-state index is 12.3. The fourth-order valence-corrected chi connectivity index (χ4v) is 2.65. The SMILES string of the molecule is COc1ccc(CC(C)C(=O)NCc2cc(C(=O)O)c(C)o2)cc1OC. The average Bonchev–Trinajstić information content (AvgIpc) is 3.00. The van der Waals surface area contributed by atoms with E-state index in [4.69, 9.17) is 19.0 Å². The van der Waals surface area contributed by atoms with Crippen LogP contribution in [0, 0.1) is 12.8 Å². The number of hydrogen-bond donors (Lipinski definition) is 2. The lowest BCUT2D eigenvalue weighted by Gasteiger charge is -2.13. The van der Waals surface area contributed by atoms with Crippen LogP contribution in [0.1, 0.15) is 34.4 Å². The predicted octanol–water partition coefficient (Wildman–Crippen LogP) is 2.80. The minimum atomic E-state index is -1.05. The van der Waals surface area contributed by atoms with E-state index in [-0.39, 0.29) is 23.9 Å². The number of amides is 1. The molecule has 0 bridgehead atoms. The lowest BCUT2D eigenvalue weighted by Crippen LogP contribution is -2.29. The number of furan rings is 1. The number of aryl methyl sites for hydroxylation is 1. The second kappa shape index (κ2) is 8.42. The smallest absolute Gasteiger partial charge is 0.339 e. The molecule has 1 unspecified atom stereocenters. The quantitative estimate of drug-likeness (QED) is 0.750. The van der Waals surface area contributed by atoms with Crippen molar-refractivity contribution in [1.29, 1.82) is 0 Å². The lowest BCUT2D eigenvalue weighted by atomic mass is 10.00. The third kappa shape index (κ3) is 4.56. The predicted molar refractivity (Wildman–Crippen MR) is 94.7 cm³/mol. The Morgan fingerprint density at radius 3 is 2.46 bits per heavy atom. The summed E-state index contributed by atoms with van der Waals surface area (Å²) in [4.78, 5) is 23.3. The van der Waals surface area contributed by atoms with Gasteiger partial charge in [-0.1, -0.05) is 13.0 Å². The van der Waals surface area contributed by atoms with Crippen LogP contribution >= 0.6 is 0 Å². The number of ether oxygens (including phenoxy) is 2. The zero-order valence-electron chi connectivity index (χ0n) is 15.3. The van der Waals surface area contributed by atoms with Crippen molar-refractivity contribution >= 4 is 11.9 Å². The van der Waals surface area contributed by atoms with Crippen LogP contribution in [-0.4, -0.2) is 31.2 Å². The Balaban J connectivity index is 1.95. The van der Waals surface area contributed by atoms with Crippen LogP contribution < -0.4 is 14.8 Å². The van der Waals surface area contributed by atoms with Crippen molar-refractivity contribution in [3.05, 3.63) is 46.9 Å². The Labute approximate surface area is 151 Å². The molecule has 0 aliphatic rings. The topological polar surface area (TPSA) is 98.0 Å². The highest BCUT2D eigenvalue weighted by Crippen LogP contribution is 2.28. The van der Waals surface area contributed by atoms with E-state index in [1.807, 2.05) is 19.1 Å². The first kappa shape index (κ1) is 19.4. The molecule has 0 aliphatic carbocycles. The van der Waals surface area contributed by atoms with E-state index in [1.165, 1.54) is 6.07 Å². The van der Waals surface area contributed by atoms with Gasteiger partial charge in [-0.25, -0.2) is 4.79 Å². The molecule has 0 saturated heterocycles. The van der Waals surface area contributed by atoms with Crippen LogP contribution in [-0.2, 0) is 17.8 Å². The van der Waals surface area contributed by atoms with Gasteiger partial charge >= 0.3 is 5.97 Å². The number of methoxy groups -OCH3 is 2. The third-order valence-corrected chi connectivity index (χ3v) is 4.07. The molecule has 140 valence electrons. The number of nitrogens with one attached hydrogen (secondary N) is 1. The number of carbonyl (C=O) groups excluding carboxylic acids is 1. The number of hydrogen-bond acceptors (Lipinski definition) is 5. The molecule has 1 aromatic carbocycles. The largest absolute Gasteiger partial charge is 0.493 e. The van der Waals surface area contributed by atoms with E-state index in [9.17, 15) is 9.59 Å². The Morgan fingerprint density at radius 1 is 1.19 bits per heavy atom. The molecule has 2 aromatic rings. The van der Waals surface area contributed by atoms with E-state index in [1.54, 1.807) is 27.2 Å². The lowest BCUT2D eigenvalue weighted by molar-refractivity contribution is -0.124. The molecule has 1 atom stereocenters. The standard InChI is InChI=1S/C19H23NO6/c1-11(7-13-5-6-16(24-3)17(8-13)25-4)18(21)20-10-14-9-15(19(22)23)12(2)26-14/h5-6,8-9,11H,7,10H2,1-4H3,(H,20,21)(H,22,23). The van der Waals surface area contributed by atoms with Crippen molar-refractivity contribution in [2.75, 3.05) is 14.2 Å². The van der Waals surface area contributed by atoms with E-state index < -0.39 is 5.97 Å². The maximum atomic E-state index is 12.3. The number of aromatic carboxylic acids is 1. The summed E-state index contributed by atoms with van der Waals surface area (Å²) in [5.74, 6) is 0.506. The first-order chi connectivity index (χ1) is 12.3. The first-order valence-electron chi connectivity index (χ1n) is 8.17. The summed E-state index contributed by atoms with van der Waals surface area (Å²) in [6.07, 6.45) is 0.531. The number of carboxylic acids is 1. The molecule has 2 rings (SSSR count). The molecule has 2 N–H and O–H groups in total. The molecule has 1 heterocycles. The zero-order chi connectivity index (χ0) is 19.3. The number of benzene rings is 1. The summed E-state index contributed by atoms with van der Waals surface area (Å²) in [6, 6.07) is 6.96. The van der Waals surface area contributed by atoms with Gasteiger partial charge in [0.25, 0.3) is 0 Å². The van der Waals surface area contributed by atoms with Gasteiger partial charge in [0.2, 0.25) is 5.91 Å². The fraction of sp³-hybridized carbons (Fsp3) is 0.368. The van der Waals surface area contributed by atoms with E-state index in [0.717, 1.165) is 5.56 Å². The molecule has 1 aromatic heterocycles. The molecule has 0 spiro atoms. The summed E-state index contributed by atoms with van der Waals surface area (Å²) < 4.78 is 15.8. The van der Waals surface area contributed by atoms with Crippen molar-refractivity contribution < 1.29 is 28.6 Å². The van der Waals surface area contributed by atoms with Crippen LogP contribution in [0.4, 0.5) is 0 Å². The zero-order valence-corrected chi connectivity index (χ0v) is 15.3. The van der Waals surface area contributed by atoms with Gasteiger partial charge < -0.3 is 24.3 Å². The summed E-state index contributed by atoms with van der Waals surface area (Å²) in [6.45, 7) is 3.54. The number of carbonyl (C=O) groups is 2. The van der Waals surface area contributed by atoms with Crippen LogP contribution in [0.2, 0.25) is 0 Å². The summed E-state index contributed by atoms with van der Waals surface area (Å²) in [5.41, 5.74) is 1.06. The van der Waals surface area contributed by atoms with Gasteiger partial charge in [0.05, 0.1) is 20.8 Å². The Kier molecular flexibility index (Phi) is 6.27. The molecular weight excluding hydrogens is 338 g/mol. The molecule has 0 saturated carbocycles. The fourth-order valence-electron chi connectivity index (χ4n) is 2.65. The van der Waals surface area contributed by atoms with Crippen LogP contribution in [0.15, 0.2) is 28.7 Å². The van der Waals surface area contributed by atoms with E-state index in [0.29, 0.717) is 29.4 Å². The molecule has 0 aliphatic heterocycles. The normalized spacial score (nSPS) is 11.7. The third-order valence-electron chi connectivity index (χ3n) is 4.07. The van der Waals surface area contributed by atoms with Crippen molar-refractivity contribution in [1.82, 2.24) is 5.32 Å². The van der Waals surface area contributed by atoms with Crippen LogP contribution in [0.5, 0.6) is 11.5 Å². The molecule has 0 radical (unpaired) electrons. The van der Waals surface area contributed by atoms with Gasteiger partial charge in [-0.15, -0.1) is 0 Å². The van der Waals surface area contributed by atoms with Crippen molar-refractivity contribution in [3.8, 4) is 11.5 Å². The number of carboxylic acid groups (broad SMARTS) is 1. The summed E-state index contributed by atoms with van der Waals surface area (Å²) >= 11 is 0. The Hall–Kier alpha value is -2.96. The Bertz CT molecular complexity index is 795.